The van der Waals surface area contributed by atoms with E-state index < -0.39 is 42.5 Å². The number of rotatable bonds is 15. The molecule has 12 nitrogen and oxygen atoms in total. The van der Waals surface area contributed by atoms with Crippen molar-refractivity contribution in [1.29, 1.82) is 0 Å². The van der Waals surface area contributed by atoms with Gasteiger partial charge in [-0.1, -0.05) is 54.5 Å². The van der Waals surface area contributed by atoms with Crippen molar-refractivity contribution in [3.05, 3.63) is 23.8 Å². The van der Waals surface area contributed by atoms with Crippen LogP contribution >= 0.6 is 0 Å². The summed E-state index contributed by atoms with van der Waals surface area (Å²) in [5, 5.41) is 9.69. The van der Waals surface area contributed by atoms with Gasteiger partial charge in [0.1, 0.15) is 12.1 Å². The maximum atomic E-state index is 12.4. The van der Waals surface area contributed by atoms with E-state index in [1.807, 2.05) is 48.5 Å². The molecule has 0 spiro atoms. The zero-order chi connectivity index (χ0) is 32.0. The molecule has 2 unspecified atom stereocenters. The number of nitrogens with two attached hydrogens (primary N) is 1. The summed E-state index contributed by atoms with van der Waals surface area (Å²) in [5.74, 6) is -1.96. The van der Waals surface area contributed by atoms with E-state index in [-0.39, 0.29) is 49.1 Å². The molecule has 0 radical (unpaired) electrons. The zero-order valence-electron chi connectivity index (χ0n) is 26.0. The average Bonchev–Trinajstić information content (AvgIpc) is 2.85. The minimum atomic E-state index is -1.42. The van der Waals surface area contributed by atoms with Crippen LogP contribution in [0.15, 0.2) is 18.2 Å². The Morgan fingerprint density at radius 2 is 1.33 bits per heavy atom. The van der Waals surface area contributed by atoms with Gasteiger partial charge >= 0.3 is 24.4 Å². The van der Waals surface area contributed by atoms with E-state index in [2.05, 4.69) is 0 Å². The lowest BCUT2D eigenvalue weighted by Gasteiger charge is -2.25. The van der Waals surface area contributed by atoms with Gasteiger partial charge in [0.05, 0.1) is 19.8 Å². The number of ether oxygens (including phenoxy) is 6. The number of carbonyl (C=O) groups is 4. The highest BCUT2D eigenvalue weighted by atomic mass is 16.7. The van der Waals surface area contributed by atoms with Crippen LogP contribution < -0.4 is 15.2 Å². The average molecular weight is 598 g/mol. The predicted octanol–water partition coefficient (Wildman–Crippen LogP) is 6.28. The van der Waals surface area contributed by atoms with E-state index in [9.17, 15) is 24.3 Å². The second-order valence-corrected chi connectivity index (χ2v) is 12.2. The molecule has 0 aliphatic carbocycles. The highest BCUT2D eigenvalue weighted by molar-refractivity contribution is 5.75. The van der Waals surface area contributed by atoms with Gasteiger partial charge in [0, 0.05) is 5.92 Å². The number of benzene rings is 1. The van der Waals surface area contributed by atoms with Gasteiger partial charge in [0.25, 0.3) is 0 Å². The Morgan fingerprint density at radius 3 is 1.81 bits per heavy atom. The van der Waals surface area contributed by atoms with Crippen LogP contribution in [0.2, 0.25) is 0 Å². The molecule has 0 aliphatic rings. The summed E-state index contributed by atoms with van der Waals surface area (Å²) in [7, 11) is 0. The van der Waals surface area contributed by atoms with Crippen molar-refractivity contribution in [2.45, 2.75) is 92.7 Å². The van der Waals surface area contributed by atoms with Crippen LogP contribution in [0.25, 0.3) is 0 Å². The Labute approximate surface area is 248 Å². The van der Waals surface area contributed by atoms with Gasteiger partial charge in [-0.05, 0) is 61.1 Å². The molecule has 1 rings (SSSR count). The largest absolute Gasteiger partial charge is 0.513 e. The lowest BCUT2D eigenvalue weighted by atomic mass is 9.87. The van der Waals surface area contributed by atoms with Crippen LogP contribution in [0.4, 0.5) is 14.4 Å². The summed E-state index contributed by atoms with van der Waals surface area (Å²) >= 11 is 0. The van der Waals surface area contributed by atoms with E-state index in [1.165, 1.54) is 18.2 Å². The third kappa shape index (κ3) is 14.9. The van der Waals surface area contributed by atoms with Gasteiger partial charge in [0.15, 0.2) is 11.5 Å². The highest BCUT2D eigenvalue weighted by Crippen LogP contribution is 2.35. The molecule has 1 aromatic carbocycles. The quantitative estimate of drug-likeness (QED) is 0.132. The standard InChI is InChI=1S/C30H47NO11/c1-18(2)11-13-37-27(34)41-23-10-9-21(16-24(23)42-28(35)38-14-12-19(3)4)22(25(31)26(32)33)15-20(5)40-29(36)39-17-30(6,7)8/h9-10,16,18-20,22,25H,11-15,17,31H2,1-8H3,(H,32,33)/t20?,22?,25-/m0/s1. The minimum absolute atomic E-state index is 0.00614. The monoisotopic (exact) mass is 597 g/mol. The molecule has 0 amide bonds. The number of carboxylic acid groups (broad SMARTS) is 1. The molecule has 238 valence electrons. The maximum absolute atomic E-state index is 12.4. The van der Waals surface area contributed by atoms with E-state index >= 15 is 0 Å². The molecule has 42 heavy (non-hydrogen) atoms. The molecule has 3 atom stereocenters. The van der Waals surface area contributed by atoms with E-state index in [0.29, 0.717) is 24.3 Å². The van der Waals surface area contributed by atoms with E-state index in [4.69, 9.17) is 34.2 Å². The molecule has 0 bridgehead atoms. The predicted molar refractivity (Wildman–Crippen MR) is 154 cm³/mol. The lowest BCUT2D eigenvalue weighted by molar-refractivity contribution is -0.139. The molecule has 1 aromatic rings. The van der Waals surface area contributed by atoms with Crippen molar-refractivity contribution in [3.8, 4) is 11.5 Å². The summed E-state index contributed by atoms with van der Waals surface area (Å²) in [4.78, 5) is 48.8. The summed E-state index contributed by atoms with van der Waals surface area (Å²) in [6.07, 6.45) is -2.50. The van der Waals surface area contributed by atoms with Crippen molar-refractivity contribution in [1.82, 2.24) is 0 Å². The molecule has 0 fully saturated rings. The number of aliphatic carboxylic acids is 1. The Morgan fingerprint density at radius 1 is 0.810 bits per heavy atom. The molecule has 0 aliphatic heterocycles. The lowest BCUT2D eigenvalue weighted by Crippen LogP contribution is -2.38. The van der Waals surface area contributed by atoms with Crippen LogP contribution in [0.3, 0.4) is 0 Å². The van der Waals surface area contributed by atoms with Crippen LogP contribution in [0, 0.1) is 17.3 Å². The van der Waals surface area contributed by atoms with Gasteiger partial charge in [0.2, 0.25) is 0 Å². The normalized spacial score (nSPS) is 13.6. The third-order valence-corrected chi connectivity index (χ3v) is 5.84. The first-order valence-electron chi connectivity index (χ1n) is 14.1. The smallest absolute Gasteiger partial charge is 0.480 e. The van der Waals surface area contributed by atoms with Crippen molar-refractivity contribution in [2.24, 2.45) is 23.0 Å². The minimum Gasteiger partial charge on any atom is -0.480 e. The van der Waals surface area contributed by atoms with E-state index in [0.717, 1.165) is 0 Å². The molecule has 0 aromatic heterocycles. The van der Waals surface area contributed by atoms with Crippen molar-refractivity contribution < 1.29 is 52.7 Å². The fraction of sp³-hybridized carbons (Fsp3) is 0.667. The first-order chi connectivity index (χ1) is 19.5. The molecule has 12 heteroatoms. The van der Waals surface area contributed by atoms with Gasteiger partial charge < -0.3 is 39.3 Å². The first kappa shape index (κ1) is 36.5. The maximum Gasteiger partial charge on any atom is 0.513 e. The second kappa shape index (κ2) is 17.4. The van der Waals surface area contributed by atoms with Crippen molar-refractivity contribution in [2.75, 3.05) is 19.8 Å². The second-order valence-electron chi connectivity index (χ2n) is 12.2. The van der Waals surface area contributed by atoms with Gasteiger partial charge in [-0.25, -0.2) is 14.4 Å². The summed E-state index contributed by atoms with van der Waals surface area (Å²) in [5.41, 5.74) is 6.08. The molecule has 0 saturated carbocycles. The van der Waals surface area contributed by atoms with Crippen molar-refractivity contribution >= 4 is 24.4 Å². The fourth-order valence-corrected chi connectivity index (χ4v) is 3.46. The van der Waals surface area contributed by atoms with Gasteiger partial charge in [-0.15, -0.1) is 0 Å². The number of hydrogen-bond donors (Lipinski definition) is 2. The first-order valence-corrected chi connectivity index (χ1v) is 14.1. The molecule has 0 saturated heterocycles. The number of hydrogen-bond acceptors (Lipinski definition) is 11. The number of carbonyl (C=O) groups excluding carboxylic acids is 3. The summed E-state index contributed by atoms with van der Waals surface area (Å²) in [6, 6.07) is 2.73. The molecule has 3 N–H and O–H groups in total. The van der Waals surface area contributed by atoms with E-state index in [1.54, 1.807) is 6.92 Å². The van der Waals surface area contributed by atoms with Crippen LogP contribution in [0.5, 0.6) is 11.5 Å². The van der Waals surface area contributed by atoms with Gasteiger partial charge in [-0.2, -0.15) is 0 Å². The molecular weight excluding hydrogens is 550 g/mol. The topological polar surface area (TPSA) is 170 Å². The third-order valence-electron chi connectivity index (χ3n) is 5.84. The SMILES string of the molecule is CC(C)CCOC(=O)Oc1ccc(C(CC(C)OC(=O)OCC(C)(C)C)[C@H](N)C(=O)O)cc1OC(=O)OCCC(C)C. The molecular formula is C30H47NO11. The van der Waals surface area contributed by atoms with Crippen LogP contribution in [-0.4, -0.2) is 61.5 Å². The Kier molecular flexibility index (Phi) is 15.1. The Bertz CT molecular complexity index is 1030. The zero-order valence-corrected chi connectivity index (χ0v) is 26.0. The highest BCUT2D eigenvalue weighted by Gasteiger charge is 2.31. The van der Waals surface area contributed by atoms with Gasteiger partial charge in [-0.3, -0.25) is 4.79 Å². The summed E-state index contributed by atoms with van der Waals surface area (Å²) in [6.45, 7) is 15.5. The number of carboxylic acids is 1. The van der Waals surface area contributed by atoms with Crippen molar-refractivity contribution in [3.63, 3.8) is 0 Å². The summed E-state index contributed by atoms with van der Waals surface area (Å²) < 4.78 is 31.3. The Hall–Kier alpha value is -3.54. The fourth-order valence-electron chi connectivity index (χ4n) is 3.46. The Balaban J connectivity index is 3.23. The molecule has 0 heterocycles. The van der Waals surface area contributed by atoms with Crippen LogP contribution in [-0.2, 0) is 23.7 Å². The van der Waals surface area contributed by atoms with Crippen LogP contribution in [0.1, 0.15) is 86.1 Å².